The largest absolute Gasteiger partial charge is 0.501 e. The van der Waals surface area contributed by atoms with Crippen LogP contribution in [-0.2, 0) is 16.1 Å². The fourth-order valence-corrected chi connectivity index (χ4v) is 2.99. The number of methoxy groups -OCH3 is 1. The second-order valence-electron chi connectivity index (χ2n) is 8.37. The minimum absolute atomic E-state index is 0.0196. The minimum Gasteiger partial charge on any atom is -0.501 e. The first-order chi connectivity index (χ1) is 12.6. The number of hydrogen-bond acceptors (Lipinski definition) is 2. The Bertz CT molecular complexity index is 617. The van der Waals surface area contributed by atoms with Gasteiger partial charge < -0.3 is 9.64 Å². The van der Waals surface area contributed by atoms with Gasteiger partial charge in [-0.1, -0.05) is 46.8 Å². The molecule has 1 heterocycles. The van der Waals surface area contributed by atoms with Gasteiger partial charge in [0.25, 0.3) is 5.91 Å². The monoisotopic (exact) mass is 377 g/mol. The first-order valence-corrected chi connectivity index (χ1v) is 9.94. The van der Waals surface area contributed by atoms with Crippen molar-refractivity contribution in [1.82, 2.24) is 4.90 Å². The van der Waals surface area contributed by atoms with E-state index in [4.69, 9.17) is 4.74 Å². The number of nitrogens with zero attached hydrogens (tertiary/aromatic N) is 1. The van der Waals surface area contributed by atoms with E-state index in [9.17, 15) is 9.18 Å². The molecular formula is C23H36FNO2. The number of ether oxygens (including phenoxy) is 1. The number of carbonyl (C=O) groups is 1. The highest BCUT2D eigenvalue weighted by atomic mass is 19.1. The number of benzene rings is 1. The van der Waals surface area contributed by atoms with Crippen molar-refractivity contribution >= 4 is 5.91 Å². The predicted molar refractivity (Wildman–Crippen MR) is 110 cm³/mol. The molecule has 0 spiro atoms. The number of hydrogen-bond donors (Lipinski definition) is 0. The maximum atomic E-state index is 13.1. The fourth-order valence-electron chi connectivity index (χ4n) is 2.99. The first-order valence-electron chi connectivity index (χ1n) is 9.94. The van der Waals surface area contributed by atoms with E-state index in [1.165, 1.54) is 12.1 Å². The summed E-state index contributed by atoms with van der Waals surface area (Å²) in [6.45, 7) is 13.2. The van der Waals surface area contributed by atoms with Gasteiger partial charge in [-0.25, -0.2) is 4.39 Å². The van der Waals surface area contributed by atoms with E-state index < -0.39 is 0 Å². The average Bonchev–Trinajstić information content (AvgIpc) is 2.59. The number of carbonyl (C=O) groups excluding carboxylic acids is 1. The third kappa shape index (κ3) is 7.74. The molecule has 1 atom stereocenters. The Labute approximate surface area is 164 Å². The maximum absolute atomic E-state index is 13.1. The molecule has 0 N–H and O–H groups in total. The smallest absolute Gasteiger partial charge is 0.253 e. The van der Waals surface area contributed by atoms with Crippen molar-refractivity contribution in [3.63, 3.8) is 0 Å². The van der Waals surface area contributed by atoms with Crippen molar-refractivity contribution in [3.8, 4) is 0 Å². The Morgan fingerprint density at radius 1 is 1.15 bits per heavy atom. The Balaban J connectivity index is 0.000000828. The third-order valence-corrected chi connectivity index (χ3v) is 4.45. The molecule has 1 unspecified atom stereocenters. The first kappa shape index (κ1) is 23.2. The van der Waals surface area contributed by atoms with Gasteiger partial charge in [-0.05, 0) is 49.3 Å². The molecule has 1 aliphatic heterocycles. The van der Waals surface area contributed by atoms with Gasteiger partial charge in [0.1, 0.15) is 11.6 Å². The van der Waals surface area contributed by atoms with Gasteiger partial charge in [0.2, 0.25) is 0 Å². The van der Waals surface area contributed by atoms with Gasteiger partial charge in [-0.3, -0.25) is 4.79 Å². The summed E-state index contributed by atoms with van der Waals surface area (Å²) >= 11 is 0. The summed E-state index contributed by atoms with van der Waals surface area (Å²) in [5.74, 6) is 1.98. The Morgan fingerprint density at radius 3 is 2.19 bits per heavy atom. The Kier molecular flexibility index (Phi) is 9.54. The number of amides is 1. The van der Waals surface area contributed by atoms with E-state index in [1.54, 1.807) is 19.2 Å². The van der Waals surface area contributed by atoms with Crippen LogP contribution < -0.4 is 0 Å². The lowest BCUT2D eigenvalue weighted by molar-refractivity contribution is -0.132. The van der Waals surface area contributed by atoms with Crippen LogP contribution >= 0.6 is 0 Å². The molecule has 1 aromatic carbocycles. The van der Waals surface area contributed by atoms with Crippen molar-refractivity contribution in [2.45, 2.75) is 73.4 Å². The van der Waals surface area contributed by atoms with Crippen LogP contribution in [0, 0.1) is 17.7 Å². The molecule has 0 bridgehead atoms. The van der Waals surface area contributed by atoms with Crippen LogP contribution in [0.15, 0.2) is 35.6 Å². The van der Waals surface area contributed by atoms with Crippen molar-refractivity contribution < 1.29 is 13.9 Å². The second-order valence-corrected chi connectivity index (χ2v) is 8.37. The molecule has 3 nitrogen and oxygen atoms in total. The molecule has 0 saturated carbocycles. The third-order valence-electron chi connectivity index (χ3n) is 4.45. The average molecular weight is 378 g/mol. The van der Waals surface area contributed by atoms with Gasteiger partial charge in [0.15, 0.2) is 0 Å². The second kappa shape index (κ2) is 11.1. The van der Waals surface area contributed by atoms with Gasteiger partial charge in [-0.2, -0.15) is 0 Å². The van der Waals surface area contributed by atoms with Crippen molar-refractivity contribution in [1.29, 1.82) is 0 Å². The van der Waals surface area contributed by atoms with Crippen LogP contribution in [0.4, 0.5) is 4.39 Å². The molecule has 1 aliphatic rings. The van der Waals surface area contributed by atoms with Gasteiger partial charge in [0, 0.05) is 19.0 Å². The van der Waals surface area contributed by atoms with Crippen LogP contribution in [0.5, 0.6) is 0 Å². The zero-order chi connectivity index (χ0) is 20.6. The van der Waals surface area contributed by atoms with E-state index in [-0.39, 0.29) is 17.8 Å². The zero-order valence-corrected chi connectivity index (χ0v) is 18.0. The zero-order valence-electron chi connectivity index (χ0n) is 18.0. The van der Waals surface area contributed by atoms with E-state index in [0.717, 1.165) is 36.5 Å². The maximum Gasteiger partial charge on any atom is 0.253 e. The van der Waals surface area contributed by atoms with Crippen LogP contribution in [0.1, 0.15) is 66.4 Å². The molecule has 1 amide bonds. The molecule has 152 valence electrons. The summed E-state index contributed by atoms with van der Waals surface area (Å²) in [5.41, 5.74) is 1.62. The molecule has 0 aromatic heterocycles. The van der Waals surface area contributed by atoms with Crippen molar-refractivity contribution in [2.24, 2.45) is 11.8 Å². The summed E-state index contributed by atoms with van der Waals surface area (Å²) in [4.78, 5) is 14.6. The van der Waals surface area contributed by atoms with Crippen molar-refractivity contribution in [2.75, 3.05) is 7.11 Å². The van der Waals surface area contributed by atoms with Gasteiger partial charge >= 0.3 is 0 Å². The van der Waals surface area contributed by atoms with Gasteiger partial charge in [0.05, 0.1) is 12.7 Å². The molecule has 0 aliphatic carbocycles. The molecule has 0 radical (unpaired) electrons. The fraction of sp³-hybridized carbons (Fsp3) is 0.609. The molecule has 2 rings (SSSR count). The topological polar surface area (TPSA) is 29.5 Å². The lowest BCUT2D eigenvalue weighted by atomic mass is 9.93. The normalized spacial score (nSPS) is 17.3. The standard InChI is InChI=1S/C19H26FNO2.C4H10/c1-13(2)5-10-17-11-18(23-4)14(3)19(22)21(17)12-15-6-8-16(20)9-7-15;1-4(2)3/h6-9,13,17H,5,10-12H2,1-4H3;4H,1-3H3. The van der Waals surface area contributed by atoms with E-state index in [2.05, 4.69) is 34.6 Å². The highest BCUT2D eigenvalue weighted by Crippen LogP contribution is 2.29. The number of rotatable bonds is 6. The summed E-state index contributed by atoms with van der Waals surface area (Å²) < 4.78 is 18.5. The molecule has 0 saturated heterocycles. The summed E-state index contributed by atoms with van der Waals surface area (Å²) in [6.07, 6.45) is 2.76. The van der Waals surface area contributed by atoms with E-state index >= 15 is 0 Å². The minimum atomic E-state index is -0.257. The lowest BCUT2D eigenvalue weighted by Crippen LogP contribution is -2.44. The van der Waals surface area contributed by atoms with Crippen LogP contribution in [-0.4, -0.2) is 24.0 Å². The number of halogens is 1. The molecule has 0 fully saturated rings. The summed E-state index contributed by atoms with van der Waals surface area (Å²) in [5, 5.41) is 0. The van der Waals surface area contributed by atoms with Crippen LogP contribution in [0.2, 0.25) is 0 Å². The molecule has 1 aromatic rings. The SMILES string of the molecule is CC(C)C.COC1=C(C)C(=O)N(Cc2ccc(F)cc2)C(CCC(C)C)C1. The molecular weight excluding hydrogens is 341 g/mol. The van der Waals surface area contributed by atoms with Crippen LogP contribution in [0.3, 0.4) is 0 Å². The van der Waals surface area contributed by atoms with E-state index in [1.807, 2.05) is 11.8 Å². The Hall–Kier alpha value is -1.84. The highest BCUT2D eigenvalue weighted by Gasteiger charge is 2.32. The highest BCUT2D eigenvalue weighted by molar-refractivity contribution is 5.94. The Morgan fingerprint density at radius 2 is 1.70 bits per heavy atom. The molecule has 4 heteroatoms. The van der Waals surface area contributed by atoms with Crippen LogP contribution in [0.25, 0.3) is 0 Å². The predicted octanol–water partition coefficient (Wildman–Crippen LogP) is 5.95. The lowest BCUT2D eigenvalue weighted by Gasteiger charge is -2.37. The van der Waals surface area contributed by atoms with Gasteiger partial charge in [-0.15, -0.1) is 0 Å². The molecule has 27 heavy (non-hydrogen) atoms. The summed E-state index contributed by atoms with van der Waals surface area (Å²) in [6, 6.07) is 6.50. The quantitative estimate of drug-likeness (QED) is 0.613. The van der Waals surface area contributed by atoms with Crippen molar-refractivity contribution in [3.05, 3.63) is 47.0 Å². The van der Waals surface area contributed by atoms with E-state index in [0.29, 0.717) is 18.0 Å². The summed E-state index contributed by atoms with van der Waals surface area (Å²) in [7, 11) is 1.63.